The van der Waals surface area contributed by atoms with Gasteiger partial charge in [-0.3, -0.25) is 0 Å². The maximum absolute atomic E-state index is 2.12. The first-order valence-corrected chi connectivity index (χ1v) is 8.46. The van der Waals surface area contributed by atoms with Gasteiger partial charge < -0.3 is 0 Å². The molecule has 134 valence electrons. The summed E-state index contributed by atoms with van der Waals surface area (Å²) < 4.78 is 0. The molecular weight excluding hydrogens is 319 g/mol. The van der Waals surface area contributed by atoms with Gasteiger partial charge >= 0.3 is 0 Å². The van der Waals surface area contributed by atoms with E-state index in [9.17, 15) is 0 Å². The Hall–Kier alpha value is -1.91. The van der Waals surface area contributed by atoms with Crippen molar-refractivity contribution in [2.45, 2.75) is 41.5 Å². The fraction of sp³-hybridized carbons (Fsp3) is 0.250. The summed E-state index contributed by atoms with van der Waals surface area (Å²) in [6, 6.07) is 25.4. The van der Waals surface area contributed by atoms with Crippen LogP contribution >= 0.6 is 9.90 Å². The maximum Gasteiger partial charge on any atom is -0.0398 e. The Balaban J connectivity index is 0.000000339. The van der Waals surface area contributed by atoms with Crippen molar-refractivity contribution in [2.75, 3.05) is 0 Å². The van der Waals surface area contributed by atoms with Gasteiger partial charge in [0.25, 0.3) is 0 Å². The molecule has 0 aliphatic carbocycles. The van der Waals surface area contributed by atoms with Gasteiger partial charge in [0.15, 0.2) is 0 Å². The molecule has 1 heteroatoms. The number of aryl methyl sites for hydroxylation is 6. The summed E-state index contributed by atoms with van der Waals surface area (Å²) in [5.41, 5.74) is 7.98. The van der Waals surface area contributed by atoms with E-state index >= 15 is 0 Å². The highest BCUT2D eigenvalue weighted by Crippen LogP contribution is 2.00. The molecule has 0 bridgehead atoms. The lowest BCUT2D eigenvalue weighted by Gasteiger charge is -1.90. The molecule has 0 aliphatic rings. The molecule has 3 rings (SSSR count). The molecule has 0 N–H and O–H groups in total. The first kappa shape index (κ1) is 23.1. The van der Waals surface area contributed by atoms with E-state index in [4.69, 9.17) is 0 Å². The summed E-state index contributed by atoms with van der Waals surface area (Å²) in [6.07, 6.45) is 0. The minimum Gasteiger partial charge on any atom is -0.153 e. The molecule has 3 aromatic rings. The van der Waals surface area contributed by atoms with Crippen molar-refractivity contribution in [2.24, 2.45) is 0 Å². The standard InChI is InChI=1S/3C8H10.H3P/c3*1-7-3-5-8(2)6-4-7;/h3*3-6H,1-2H3;1H3. The summed E-state index contributed by atoms with van der Waals surface area (Å²) in [5, 5.41) is 0. The fourth-order valence-corrected chi connectivity index (χ4v) is 1.91. The van der Waals surface area contributed by atoms with Crippen LogP contribution in [0.15, 0.2) is 72.8 Å². The zero-order chi connectivity index (χ0) is 17.9. The predicted molar refractivity (Wildman–Crippen MR) is 119 cm³/mol. The SMILES string of the molecule is Cc1ccc(C)cc1.Cc1ccc(C)cc1.Cc1ccc(C)cc1.P. The van der Waals surface area contributed by atoms with Crippen LogP contribution in [0, 0.1) is 41.5 Å². The highest BCUT2D eigenvalue weighted by atomic mass is 31.0. The Kier molecular flexibility index (Phi) is 11.5. The number of hydrogen-bond acceptors (Lipinski definition) is 0. The molecule has 0 aromatic heterocycles. The minimum absolute atomic E-state index is 0. The average molecular weight is 353 g/mol. The van der Waals surface area contributed by atoms with Crippen LogP contribution < -0.4 is 0 Å². The Bertz CT molecular complexity index is 526. The third kappa shape index (κ3) is 11.3. The summed E-state index contributed by atoms with van der Waals surface area (Å²) in [4.78, 5) is 0. The Morgan fingerprint density at radius 3 is 0.440 bits per heavy atom. The van der Waals surface area contributed by atoms with E-state index < -0.39 is 0 Å². The molecule has 0 fully saturated rings. The van der Waals surface area contributed by atoms with E-state index in [2.05, 4.69) is 114 Å². The van der Waals surface area contributed by atoms with Gasteiger partial charge in [0.2, 0.25) is 0 Å². The molecule has 0 saturated carbocycles. The van der Waals surface area contributed by atoms with Crippen molar-refractivity contribution >= 4 is 9.90 Å². The van der Waals surface area contributed by atoms with Crippen LogP contribution in [0.4, 0.5) is 0 Å². The molecule has 0 aliphatic heterocycles. The second-order valence-electron chi connectivity index (χ2n) is 6.46. The molecule has 0 spiro atoms. The van der Waals surface area contributed by atoms with Gasteiger partial charge in [-0.1, -0.05) is 106 Å². The zero-order valence-electron chi connectivity index (χ0n) is 16.6. The molecule has 3 aromatic carbocycles. The molecule has 0 heterocycles. The van der Waals surface area contributed by atoms with Crippen molar-refractivity contribution in [3.63, 3.8) is 0 Å². The van der Waals surface area contributed by atoms with Crippen LogP contribution in [0.2, 0.25) is 0 Å². The lowest BCUT2D eigenvalue weighted by molar-refractivity contribution is 1.40. The van der Waals surface area contributed by atoms with Crippen LogP contribution in [-0.2, 0) is 0 Å². The van der Waals surface area contributed by atoms with Gasteiger partial charge in [-0.2, -0.15) is 9.90 Å². The Morgan fingerprint density at radius 2 is 0.360 bits per heavy atom. The van der Waals surface area contributed by atoms with E-state index in [1.807, 2.05) is 0 Å². The molecule has 0 radical (unpaired) electrons. The number of hydrogen-bond donors (Lipinski definition) is 0. The van der Waals surface area contributed by atoms with Gasteiger partial charge in [0.05, 0.1) is 0 Å². The predicted octanol–water partition coefficient (Wildman–Crippen LogP) is 6.97. The first-order chi connectivity index (χ1) is 11.4. The monoisotopic (exact) mass is 352 g/mol. The van der Waals surface area contributed by atoms with E-state index in [-0.39, 0.29) is 9.90 Å². The highest BCUT2D eigenvalue weighted by molar-refractivity contribution is 6.92. The Labute approximate surface area is 157 Å². The molecule has 0 amide bonds. The van der Waals surface area contributed by atoms with E-state index in [0.29, 0.717) is 0 Å². The van der Waals surface area contributed by atoms with Gasteiger partial charge in [0, 0.05) is 0 Å². The summed E-state index contributed by atoms with van der Waals surface area (Å²) >= 11 is 0. The van der Waals surface area contributed by atoms with E-state index in [1.54, 1.807) is 0 Å². The van der Waals surface area contributed by atoms with E-state index in [0.717, 1.165) is 0 Å². The van der Waals surface area contributed by atoms with Crippen molar-refractivity contribution in [1.29, 1.82) is 0 Å². The summed E-state index contributed by atoms with van der Waals surface area (Å²) in [7, 11) is 0. The maximum atomic E-state index is 2.12. The largest absolute Gasteiger partial charge is 0.153 e. The average Bonchev–Trinajstić information content (AvgIpc) is 2.57. The van der Waals surface area contributed by atoms with Gasteiger partial charge in [-0.25, -0.2) is 0 Å². The van der Waals surface area contributed by atoms with E-state index in [1.165, 1.54) is 33.4 Å². The smallest absolute Gasteiger partial charge is 0.0398 e. The van der Waals surface area contributed by atoms with Crippen LogP contribution in [0.1, 0.15) is 33.4 Å². The molecule has 0 nitrogen and oxygen atoms in total. The van der Waals surface area contributed by atoms with Crippen LogP contribution in [0.3, 0.4) is 0 Å². The molecule has 0 saturated heterocycles. The van der Waals surface area contributed by atoms with Crippen LogP contribution in [-0.4, -0.2) is 0 Å². The second kappa shape index (κ2) is 12.5. The van der Waals surface area contributed by atoms with Gasteiger partial charge in [-0.05, 0) is 41.5 Å². The molecular formula is C24H33P. The zero-order valence-corrected chi connectivity index (χ0v) is 18.0. The quantitative estimate of drug-likeness (QED) is 0.383. The van der Waals surface area contributed by atoms with Crippen molar-refractivity contribution in [1.82, 2.24) is 0 Å². The molecule has 1 atom stereocenters. The third-order valence-corrected chi connectivity index (χ3v) is 3.65. The van der Waals surface area contributed by atoms with Gasteiger partial charge in [-0.15, -0.1) is 0 Å². The first-order valence-electron chi connectivity index (χ1n) is 8.46. The lowest BCUT2D eigenvalue weighted by Crippen LogP contribution is -1.70. The molecule has 25 heavy (non-hydrogen) atoms. The van der Waals surface area contributed by atoms with Crippen molar-refractivity contribution < 1.29 is 0 Å². The number of benzene rings is 3. The normalized spacial score (nSPS) is 8.88. The minimum atomic E-state index is 0. The fourth-order valence-electron chi connectivity index (χ4n) is 1.91. The molecule has 1 unspecified atom stereocenters. The summed E-state index contributed by atoms with van der Waals surface area (Å²) in [5.74, 6) is 0. The third-order valence-electron chi connectivity index (χ3n) is 3.65. The number of rotatable bonds is 0. The topological polar surface area (TPSA) is 0 Å². The van der Waals surface area contributed by atoms with Crippen LogP contribution in [0.5, 0.6) is 0 Å². The second-order valence-corrected chi connectivity index (χ2v) is 6.46. The summed E-state index contributed by atoms with van der Waals surface area (Å²) in [6.45, 7) is 12.6. The Morgan fingerprint density at radius 1 is 0.280 bits per heavy atom. The highest BCUT2D eigenvalue weighted by Gasteiger charge is 1.81. The van der Waals surface area contributed by atoms with Crippen molar-refractivity contribution in [3.8, 4) is 0 Å². The van der Waals surface area contributed by atoms with Gasteiger partial charge in [0.1, 0.15) is 0 Å². The van der Waals surface area contributed by atoms with Crippen LogP contribution in [0.25, 0.3) is 0 Å². The lowest BCUT2D eigenvalue weighted by atomic mass is 10.2. The van der Waals surface area contributed by atoms with Crippen molar-refractivity contribution in [3.05, 3.63) is 106 Å².